The molecule has 0 aliphatic heterocycles. The van der Waals surface area contributed by atoms with E-state index in [1.54, 1.807) is 6.21 Å². The van der Waals surface area contributed by atoms with Crippen molar-refractivity contribution in [3.8, 4) is 6.07 Å². The third kappa shape index (κ3) is 4.07. The Morgan fingerprint density at radius 3 is 2.64 bits per heavy atom. The number of aromatic nitrogens is 1. The first-order valence-corrected chi connectivity index (χ1v) is 8.21. The molecule has 1 aromatic heterocycles. The summed E-state index contributed by atoms with van der Waals surface area (Å²) in [4.78, 5) is 4.24. The number of halogens is 1. The van der Waals surface area contributed by atoms with Gasteiger partial charge in [0.15, 0.2) is 0 Å². The molecule has 0 aliphatic rings. The summed E-state index contributed by atoms with van der Waals surface area (Å²) in [5, 5.41) is 13.3. The highest BCUT2D eigenvalue weighted by Gasteiger charge is 2.18. The van der Waals surface area contributed by atoms with E-state index in [2.05, 4.69) is 51.9 Å². The van der Waals surface area contributed by atoms with E-state index in [0.29, 0.717) is 11.8 Å². The largest absolute Gasteiger partial charge is 0.422 e. The van der Waals surface area contributed by atoms with Crippen LogP contribution in [0.3, 0.4) is 0 Å². The van der Waals surface area contributed by atoms with Crippen LogP contribution < -0.4 is 5.43 Å². The third-order valence-electron chi connectivity index (χ3n) is 3.33. The van der Waals surface area contributed by atoms with E-state index in [0.717, 1.165) is 18.4 Å². The fourth-order valence-electron chi connectivity index (χ4n) is 2.02. The predicted octanol–water partition coefficient (Wildman–Crippen LogP) is 4.50. The van der Waals surface area contributed by atoms with Crippen LogP contribution in [-0.4, -0.2) is 11.2 Å². The van der Waals surface area contributed by atoms with Crippen molar-refractivity contribution in [2.45, 2.75) is 32.6 Å². The Hall–Kier alpha value is -1.88. The average molecular weight is 408 g/mol. The summed E-state index contributed by atoms with van der Waals surface area (Å²) in [5.41, 5.74) is 3.97. The molecule has 1 heterocycles. The standard InChI is InChI=1S/C16H17IN4O/c1-3-12(4-2)15-20-14(9-18)16(22-15)21-19-10-11-5-7-13(17)8-6-11/h5-8,10,12,21H,3-4H2,1-2H3. The molecule has 22 heavy (non-hydrogen) atoms. The van der Waals surface area contributed by atoms with E-state index in [1.165, 1.54) is 3.57 Å². The fraction of sp³-hybridized carbons (Fsp3) is 0.312. The summed E-state index contributed by atoms with van der Waals surface area (Å²) in [5.74, 6) is 1.11. The van der Waals surface area contributed by atoms with Gasteiger partial charge >= 0.3 is 0 Å². The molecule has 0 unspecified atom stereocenters. The molecule has 0 fully saturated rings. The zero-order valence-corrected chi connectivity index (χ0v) is 14.7. The van der Waals surface area contributed by atoms with Gasteiger partial charge in [0.2, 0.25) is 11.6 Å². The Morgan fingerprint density at radius 1 is 1.36 bits per heavy atom. The zero-order chi connectivity index (χ0) is 15.9. The minimum absolute atomic E-state index is 0.225. The Balaban J connectivity index is 2.12. The number of hydrogen-bond donors (Lipinski definition) is 1. The highest BCUT2D eigenvalue weighted by molar-refractivity contribution is 14.1. The molecule has 2 aromatic rings. The SMILES string of the molecule is CCC(CC)c1nc(C#N)c(NN=Cc2ccc(I)cc2)o1. The normalized spacial score (nSPS) is 11.0. The number of hydrogen-bond acceptors (Lipinski definition) is 5. The summed E-state index contributed by atoms with van der Waals surface area (Å²) in [6.45, 7) is 4.15. The maximum Gasteiger partial charge on any atom is 0.252 e. The number of nitrogens with zero attached hydrogens (tertiary/aromatic N) is 3. The van der Waals surface area contributed by atoms with E-state index < -0.39 is 0 Å². The minimum atomic E-state index is 0.225. The van der Waals surface area contributed by atoms with Gasteiger partial charge < -0.3 is 4.42 Å². The lowest BCUT2D eigenvalue weighted by molar-refractivity contribution is 0.439. The van der Waals surface area contributed by atoms with E-state index in [-0.39, 0.29) is 11.6 Å². The van der Waals surface area contributed by atoms with Crippen LogP contribution in [0.15, 0.2) is 33.8 Å². The summed E-state index contributed by atoms with van der Waals surface area (Å²) in [7, 11) is 0. The number of rotatable bonds is 6. The molecule has 0 atom stereocenters. The van der Waals surface area contributed by atoms with Gasteiger partial charge in [-0.3, -0.25) is 0 Å². The van der Waals surface area contributed by atoms with Crippen molar-refractivity contribution in [1.29, 1.82) is 5.26 Å². The zero-order valence-electron chi connectivity index (χ0n) is 12.5. The molecule has 0 saturated heterocycles. The van der Waals surface area contributed by atoms with Crippen LogP contribution in [0.2, 0.25) is 0 Å². The molecule has 0 saturated carbocycles. The highest BCUT2D eigenvalue weighted by atomic mass is 127. The number of benzene rings is 1. The van der Waals surface area contributed by atoms with Crippen LogP contribution in [0, 0.1) is 14.9 Å². The Kier molecular flexibility index (Phi) is 5.95. The lowest BCUT2D eigenvalue weighted by atomic mass is 10.0. The Labute approximate surface area is 143 Å². The van der Waals surface area contributed by atoms with Gasteiger partial charge in [-0.05, 0) is 53.1 Å². The lowest BCUT2D eigenvalue weighted by Crippen LogP contribution is -1.95. The second kappa shape index (κ2) is 7.94. The molecule has 0 radical (unpaired) electrons. The topological polar surface area (TPSA) is 74.2 Å². The molecule has 0 bridgehead atoms. The maximum atomic E-state index is 9.14. The van der Waals surface area contributed by atoms with E-state index in [9.17, 15) is 0 Å². The van der Waals surface area contributed by atoms with Gasteiger partial charge in [-0.2, -0.15) is 10.4 Å². The van der Waals surface area contributed by atoms with Crippen molar-refractivity contribution >= 4 is 34.7 Å². The fourth-order valence-corrected chi connectivity index (χ4v) is 2.37. The van der Waals surface area contributed by atoms with Gasteiger partial charge in [0, 0.05) is 9.49 Å². The third-order valence-corrected chi connectivity index (χ3v) is 4.05. The quantitative estimate of drug-likeness (QED) is 0.434. The van der Waals surface area contributed by atoms with Crippen LogP contribution in [0.4, 0.5) is 5.88 Å². The summed E-state index contributed by atoms with van der Waals surface area (Å²) >= 11 is 2.25. The second-order valence-electron chi connectivity index (χ2n) is 4.78. The van der Waals surface area contributed by atoms with Crippen molar-refractivity contribution in [2.24, 2.45) is 5.10 Å². The Morgan fingerprint density at radius 2 is 2.05 bits per heavy atom. The highest BCUT2D eigenvalue weighted by Crippen LogP contribution is 2.27. The molecular formula is C16H17IN4O. The van der Waals surface area contributed by atoms with E-state index in [1.807, 2.05) is 30.3 Å². The van der Waals surface area contributed by atoms with E-state index >= 15 is 0 Å². The van der Waals surface area contributed by atoms with E-state index in [4.69, 9.17) is 9.68 Å². The molecule has 0 amide bonds. The molecule has 0 spiro atoms. The van der Waals surface area contributed by atoms with Gasteiger partial charge in [-0.25, -0.2) is 10.4 Å². The molecule has 1 aromatic carbocycles. The summed E-state index contributed by atoms with van der Waals surface area (Å²) in [6.07, 6.45) is 3.52. The molecule has 114 valence electrons. The van der Waals surface area contributed by atoms with Crippen LogP contribution in [0.1, 0.15) is 49.8 Å². The van der Waals surface area contributed by atoms with Crippen LogP contribution >= 0.6 is 22.6 Å². The van der Waals surface area contributed by atoms with Gasteiger partial charge in [0.05, 0.1) is 6.21 Å². The number of hydrazone groups is 1. The molecule has 1 N–H and O–H groups in total. The average Bonchev–Trinajstić information content (AvgIpc) is 2.94. The number of anilines is 1. The second-order valence-corrected chi connectivity index (χ2v) is 6.02. The summed E-state index contributed by atoms with van der Waals surface area (Å²) in [6, 6.07) is 9.97. The number of oxazole rings is 1. The van der Waals surface area contributed by atoms with Gasteiger partial charge in [-0.15, -0.1) is 0 Å². The van der Waals surface area contributed by atoms with Crippen molar-refractivity contribution in [3.63, 3.8) is 0 Å². The van der Waals surface area contributed by atoms with Crippen molar-refractivity contribution < 1.29 is 4.42 Å². The van der Waals surface area contributed by atoms with Crippen molar-refractivity contribution in [3.05, 3.63) is 45.0 Å². The number of nitriles is 1. The molecular weight excluding hydrogens is 391 g/mol. The predicted molar refractivity (Wildman–Crippen MR) is 94.9 cm³/mol. The molecule has 5 nitrogen and oxygen atoms in total. The summed E-state index contributed by atoms with van der Waals surface area (Å²) < 4.78 is 6.81. The van der Waals surface area contributed by atoms with Crippen molar-refractivity contribution in [2.75, 3.05) is 5.43 Å². The van der Waals surface area contributed by atoms with Crippen LogP contribution in [-0.2, 0) is 0 Å². The Bertz CT molecular complexity index is 681. The number of nitrogens with one attached hydrogen (secondary N) is 1. The van der Waals surface area contributed by atoms with Crippen LogP contribution in [0.5, 0.6) is 0 Å². The smallest absolute Gasteiger partial charge is 0.252 e. The lowest BCUT2D eigenvalue weighted by Gasteiger charge is -2.05. The monoisotopic (exact) mass is 408 g/mol. The van der Waals surface area contributed by atoms with Gasteiger partial charge in [-0.1, -0.05) is 26.0 Å². The maximum absolute atomic E-state index is 9.14. The molecule has 2 rings (SSSR count). The molecule has 0 aliphatic carbocycles. The molecule has 6 heteroatoms. The van der Waals surface area contributed by atoms with Crippen LogP contribution in [0.25, 0.3) is 0 Å². The van der Waals surface area contributed by atoms with Gasteiger partial charge in [0.25, 0.3) is 5.88 Å². The first-order chi connectivity index (χ1) is 10.7. The first-order valence-electron chi connectivity index (χ1n) is 7.13. The first kappa shape index (κ1) is 16.5. The minimum Gasteiger partial charge on any atom is -0.422 e. The van der Waals surface area contributed by atoms with Gasteiger partial charge in [0.1, 0.15) is 6.07 Å². The van der Waals surface area contributed by atoms with Crippen molar-refractivity contribution in [1.82, 2.24) is 4.98 Å².